The molecule has 5 nitrogen and oxygen atoms in total. The van der Waals surface area contributed by atoms with Gasteiger partial charge in [-0.3, -0.25) is 4.79 Å². The minimum atomic E-state index is -0.295. The van der Waals surface area contributed by atoms with Gasteiger partial charge in [-0.1, -0.05) is 23.7 Å². The standard InChI is InChI=1S/C16H18ClN3O2/c1-11-13(16(22)19-8-6-12(21)7-9-19)10-18-20(11)15-5-3-2-4-14(15)17/h2-5,10,12,21H,6-9H2,1H3. The summed E-state index contributed by atoms with van der Waals surface area (Å²) in [5, 5.41) is 14.5. The van der Waals surface area contributed by atoms with Crippen molar-refractivity contribution in [2.24, 2.45) is 0 Å². The van der Waals surface area contributed by atoms with E-state index in [4.69, 9.17) is 11.6 Å². The number of hydrogen-bond donors (Lipinski definition) is 1. The number of para-hydroxylation sites is 1. The number of aromatic nitrogens is 2. The monoisotopic (exact) mass is 319 g/mol. The molecule has 1 fully saturated rings. The highest BCUT2D eigenvalue weighted by molar-refractivity contribution is 6.32. The van der Waals surface area contributed by atoms with Crippen molar-refractivity contribution in [1.29, 1.82) is 0 Å². The van der Waals surface area contributed by atoms with E-state index in [0.717, 1.165) is 11.4 Å². The molecule has 1 N–H and O–H groups in total. The second-order valence-electron chi connectivity index (χ2n) is 5.53. The van der Waals surface area contributed by atoms with E-state index in [2.05, 4.69) is 5.10 Å². The van der Waals surface area contributed by atoms with E-state index in [1.54, 1.807) is 21.8 Å². The largest absolute Gasteiger partial charge is 0.393 e. The third-order valence-electron chi connectivity index (χ3n) is 4.07. The van der Waals surface area contributed by atoms with E-state index in [1.165, 1.54) is 0 Å². The van der Waals surface area contributed by atoms with Crippen LogP contribution in [0.2, 0.25) is 5.02 Å². The Balaban J connectivity index is 1.88. The van der Waals surface area contributed by atoms with Crippen LogP contribution >= 0.6 is 11.6 Å². The molecule has 1 amide bonds. The Hall–Kier alpha value is -1.85. The predicted octanol–water partition coefficient (Wildman–Crippen LogP) is 2.43. The fraction of sp³-hybridized carbons (Fsp3) is 0.375. The number of piperidine rings is 1. The third-order valence-corrected chi connectivity index (χ3v) is 4.39. The van der Waals surface area contributed by atoms with E-state index in [-0.39, 0.29) is 12.0 Å². The highest BCUT2D eigenvalue weighted by Gasteiger charge is 2.25. The molecule has 0 aliphatic carbocycles. The van der Waals surface area contributed by atoms with Gasteiger partial charge in [-0.2, -0.15) is 5.10 Å². The van der Waals surface area contributed by atoms with Crippen LogP contribution < -0.4 is 0 Å². The molecule has 1 saturated heterocycles. The lowest BCUT2D eigenvalue weighted by Gasteiger charge is -2.29. The minimum absolute atomic E-state index is 0.0392. The molecule has 1 aromatic heterocycles. The molecule has 0 unspecified atom stereocenters. The Morgan fingerprint density at radius 2 is 2.00 bits per heavy atom. The Labute approximate surface area is 134 Å². The van der Waals surface area contributed by atoms with Gasteiger partial charge in [0.25, 0.3) is 5.91 Å². The number of benzene rings is 1. The summed E-state index contributed by atoms with van der Waals surface area (Å²) in [6.07, 6.45) is 2.55. The van der Waals surface area contributed by atoms with Gasteiger partial charge in [0.1, 0.15) is 0 Å². The van der Waals surface area contributed by atoms with Gasteiger partial charge in [0.2, 0.25) is 0 Å². The first-order valence-corrected chi connectivity index (χ1v) is 7.72. The molecule has 6 heteroatoms. The zero-order valence-corrected chi connectivity index (χ0v) is 13.1. The first kappa shape index (κ1) is 15.1. The zero-order chi connectivity index (χ0) is 15.7. The third kappa shape index (κ3) is 2.74. The average molecular weight is 320 g/mol. The first-order chi connectivity index (χ1) is 10.6. The van der Waals surface area contributed by atoms with Crippen LogP contribution in [-0.2, 0) is 0 Å². The van der Waals surface area contributed by atoms with Gasteiger partial charge in [0, 0.05) is 13.1 Å². The fourth-order valence-electron chi connectivity index (χ4n) is 2.73. The summed E-state index contributed by atoms with van der Waals surface area (Å²) >= 11 is 6.20. The molecule has 0 atom stereocenters. The number of likely N-dealkylation sites (tertiary alicyclic amines) is 1. The molecule has 2 aromatic rings. The maximum absolute atomic E-state index is 12.6. The molecule has 1 aliphatic rings. The number of rotatable bonds is 2. The summed E-state index contributed by atoms with van der Waals surface area (Å²) in [6.45, 7) is 3.02. The van der Waals surface area contributed by atoms with Crippen LogP contribution in [0.5, 0.6) is 0 Å². The van der Waals surface area contributed by atoms with Gasteiger partial charge in [0.15, 0.2) is 0 Å². The van der Waals surface area contributed by atoms with Crippen LogP contribution in [0.15, 0.2) is 30.5 Å². The summed E-state index contributed by atoms with van der Waals surface area (Å²) in [5.41, 5.74) is 2.11. The van der Waals surface area contributed by atoms with E-state index < -0.39 is 0 Å². The number of halogens is 1. The Kier molecular flexibility index (Phi) is 4.18. The van der Waals surface area contributed by atoms with Crippen LogP contribution in [0.4, 0.5) is 0 Å². The van der Waals surface area contributed by atoms with Crippen molar-refractivity contribution in [3.05, 3.63) is 46.7 Å². The van der Waals surface area contributed by atoms with Gasteiger partial charge in [0.05, 0.1) is 34.3 Å². The number of carbonyl (C=O) groups excluding carboxylic acids is 1. The summed E-state index contributed by atoms with van der Waals surface area (Å²) in [7, 11) is 0. The zero-order valence-electron chi connectivity index (χ0n) is 12.4. The van der Waals surface area contributed by atoms with Gasteiger partial charge in [-0.15, -0.1) is 0 Å². The van der Waals surface area contributed by atoms with Gasteiger partial charge in [-0.05, 0) is 31.9 Å². The molecule has 116 valence electrons. The van der Waals surface area contributed by atoms with Crippen LogP contribution in [0.1, 0.15) is 28.9 Å². The molecule has 0 bridgehead atoms. The van der Waals surface area contributed by atoms with Crippen molar-refractivity contribution in [2.75, 3.05) is 13.1 Å². The predicted molar refractivity (Wildman–Crippen MR) is 84.5 cm³/mol. The van der Waals surface area contributed by atoms with Gasteiger partial charge in [-0.25, -0.2) is 4.68 Å². The van der Waals surface area contributed by atoms with Crippen molar-refractivity contribution < 1.29 is 9.90 Å². The minimum Gasteiger partial charge on any atom is -0.393 e. The highest BCUT2D eigenvalue weighted by Crippen LogP contribution is 2.23. The molecule has 0 radical (unpaired) electrons. The number of amides is 1. The van der Waals surface area contributed by atoms with Crippen molar-refractivity contribution in [1.82, 2.24) is 14.7 Å². The quantitative estimate of drug-likeness (QED) is 0.925. The van der Waals surface area contributed by atoms with Crippen LogP contribution in [-0.4, -0.2) is 44.9 Å². The van der Waals surface area contributed by atoms with Crippen molar-refractivity contribution in [3.8, 4) is 5.69 Å². The molecule has 1 aliphatic heterocycles. The number of carbonyl (C=O) groups is 1. The molecular formula is C16H18ClN3O2. The lowest BCUT2D eigenvalue weighted by Crippen LogP contribution is -2.40. The fourth-order valence-corrected chi connectivity index (χ4v) is 2.94. The van der Waals surface area contributed by atoms with Gasteiger partial charge >= 0.3 is 0 Å². The Bertz CT molecular complexity index is 690. The Morgan fingerprint density at radius 3 is 2.68 bits per heavy atom. The normalized spacial score (nSPS) is 16.0. The topological polar surface area (TPSA) is 58.4 Å². The first-order valence-electron chi connectivity index (χ1n) is 7.35. The Morgan fingerprint density at radius 1 is 1.32 bits per heavy atom. The van der Waals surface area contributed by atoms with E-state index >= 15 is 0 Å². The van der Waals surface area contributed by atoms with E-state index in [1.807, 2.05) is 25.1 Å². The summed E-state index contributed by atoms with van der Waals surface area (Å²) in [4.78, 5) is 14.4. The van der Waals surface area contributed by atoms with Crippen LogP contribution in [0.3, 0.4) is 0 Å². The second-order valence-corrected chi connectivity index (χ2v) is 5.94. The van der Waals surface area contributed by atoms with Crippen molar-refractivity contribution in [2.45, 2.75) is 25.9 Å². The smallest absolute Gasteiger partial charge is 0.257 e. The molecule has 3 rings (SSSR count). The van der Waals surface area contributed by atoms with Crippen molar-refractivity contribution >= 4 is 17.5 Å². The summed E-state index contributed by atoms with van der Waals surface area (Å²) in [6, 6.07) is 7.41. The SMILES string of the molecule is Cc1c(C(=O)N2CCC(O)CC2)cnn1-c1ccccc1Cl. The molecule has 22 heavy (non-hydrogen) atoms. The lowest BCUT2D eigenvalue weighted by atomic mass is 10.1. The second kappa shape index (κ2) is 6.10. The lowest BCUT2D eigenvalue weighted by molar-refractivity contribution is 0.0546. The van der Waals surface area contributed by atoms with Crippen molar-refractivity contribution in [3.63, 3.8) is 0 Å². The number of hydrogen-bond acceptors (Lipinski definition) is 3. The molecule has 1 aromatic carbocycles. The van der Waals surface area contributed by atoms with Gasteiger partial charge < -0.3 is 10.0 Å². The maximum atomic E-state index is 12.6. The molecular weight excluding hydrogens is 302 g/mol. The van der Waals surface area contributed by atoms with E-state index in [0.29, 0.717) is 36.5 Å². The molecule has 2 heterocycles. The molecule has 0 spiro atoms. The van der Waals surface area contributed by atoms with Crippen LogP contribution in [0, 0.1) is 6.92 Å². The average Bonchev–Trinajstić information content (AvgIpc) is 2.89. The number of aliphatic hydroxyl groups is 1. The summed E-state index contributed by atoms with van der Waals surface area (Å²) in [5.74, 6) is -0.0392. The number of aliphatic hydroxyl groups excluding tert-OH is 1. The highest BCUT2D eigenvalue weighted by atomic mass is 35.5. The summed E-state index contributed by atoms with van der Waals surface area (Å²) < 4.78 is 1.69. The number of nitrogens with zero attached hydrogens (tertiary/aromatic N) is 3. The van der Waals surface area contributed by atoms with Crippen LogP contribution in [0.25, 0.3) is 5.69 Å². The van der Waals surface area contributed by atoms with E-state index in [9.17, 15) is 9.90 Å². The molecule has 0 saturated carbocycles. The maximum Gasteiger partial charge on any atom is 0.257 e.